The summed E-state index contributed by atoms with van der Waals surface area (Å²) in [5, 5.41) is 4.08. The van der Waals surface area contributed by atoms with Gasteiger partial charge in [0, 0.05) is 6.04 Å². The molecule has 1 fully saturated rings. The van der Waals surface area contributed by atoms with Crippen molar-refractivity contribution in [2.45, 2.75) is 25.8 Å². The highest BCUT2D eigenvalue weighted by molar-refractivity contribution is 7.17. The second-order valence-corrected chi connectivity index (χ2v) is 4.34. The Morgan fingerprint density at radius 1 is 1.64 bits per heavy atom. The first-order valence-electron chi connectivity index (χ1n) is 4.53. The molecule has 2 rings (SSSR count). The molecule has 4 nitrogen and oxygen atoms in total. The van der Waals surface area contributed by atoms with Crippen molar-refractivity contribution in [1.29, 1.82) is 0 Å². The molecule has 1 aliphatic rings. The summed E-state index contributed by atoms with van der Waals surface area (Å²) in [5.74, 6) is -0.302. The van der Waals surface area contributed by atoms with Crippen molar-refractivity contribution < 1.29 is 9.53 Å². The predicted molar refractivity (Wildman–Crippen MR) is 54.8 cm³/mol. The SMILES string of the molecule is COC(=O)c1sc(NC2CC2)nc1C. The molecule has 14 heavy (non-hydrogen) atoms. The second kappa shape index (κ2) is 3.57. The molecule has 0 bridgehead atoms. The molecule has 76 valence electrons. The first kappa shape index (κ1) is 9.45. The largest absolute Gasteiger partial charge is 0.465 e. The van der Waals surface area contributed by atoms with Crippen LogP contribution < -0.4 is 5.32 Å². The highest BCUT2D eigenvalue weighted by atomic mass is 32.1. The van der Waals surface area contributed by atoms with Gasteiger partial charge in [-0.25, -0.2) is 9.78 Å². The summed E-state index contributed by atoms with van der Waals surface area (Å²) in [5.41, 5.74) is 0.741. The van der Waals surface area contributed by atoms with E-state index in [0.717, 1.165) is 10.8 Å². The lowest BCUT2D eigenvalue weighted by Gasteiger charge is -1.95. The zero-order valence-electron chi connectivity index (χ0n) is 8.16. The van der Waals surface area contributed by atoms with Crippen LogP contribution in [-0.4, -0.2) is 24.1 Å². The molecule has 1 aromatic heterocycles. The van der Waals surface area contributed by atoms with Crippen LogP contribution in [0.4, 0.5) is 5.13 Å². The van der Waals surface area contributed by atoms with E-state index in [1.54, 1.807) is 0 Å². The lowest BCUT2D eigenvalue weighted by Crippen LogP contribution is -1.99. The molecule has 0 spiro atoms. The summed E-state index contributed by atoms with van der Waals surface area (Å²) in [6, 6.07) is 0.561. The highest BCUT2D eigenvalue weighted by Gasteiger charge is 2.23. The van der Waals surface area contributed by atoms with Gasteiger partial charge in [0.15, 0.2) is 5.13 Å². The first-order chi connectivity index (χ1) is 6.70. The van der Waals surface area contributed by atoms with E-state index in [9.17, 15) is 4.79 Å². The van der Waals surface area contributed by atoms with Crippen LogP contribution in [-0.2, 0) is 4.74 Å². The van der Waals surface area contributed by atoms with Gasteiger partial charge in [-0.3, -0.25) is 0 Å². The molecule has 0 atom stereocenters. The van der Waals surface area contributed by atoms with Crippen molar-refractivity contribution in [2.24, 2.45) is 0 Å². The minimum Gasteiger partial charge on any atom is -0.465 e. The number of esters is 1. The minimum absolute atomic E-state index is 0.302. The van der Waals surface area contributed by atoms with Crippen molar-refractivity contribution in [3.8, 4) is 0 Å². The summed E-state index contributed by atoms with van der Waals surface area (Å²) in [7, 11) is 1.38. The molecule has 0 aliphatic heterocycles. The van der Waals surface area contributed by atoms with Gasteiger partial charge in [0.05, 0.1) is 12.8 Å². The van der Waals surface area contributed by atoms with Crippen molar-refractivity contribution in [1.82, 2.24) is 4.98 Å². The van der Waals surface area contributed by atoms with Crippen LogP contribution in [0.3, 0.4) is 0 Å². The van der Waals surface area contributed by atoms with Crippen LogP contribution in [0.5, 0.6) is 0 Å². The van der Waals surface area contributed by atoms with Crippen LogP contribution in [0.2, 0.25) is 0 Å². The molecule has 0 saturated heterocycles. The molecule has 1 N–H and O–H groups in total. The Morgan fingerprint density at radius 2 is 2.36 bits per heavy atom. The fraction of sp³-hybridized carbons (Fsp3) is 0.556. The number of anilines is 1. The Kier molecular flexibility index (Phi) is 2.41. The first-order valence-corrected chi connectivity index (χ1v) is 5.34. The lowest BCUT2D eigenvalue weighted by atomic mass is 10.4. The Bertz CT molecular complexity index is 358. The van der Waals surface area contributed by atoms with E-state index >= 15 is 0 Å². The second-order valence-electron chi connectivity index (χ2n) is 3.34. The van der Waals surface area contributed by atoms with Gasteiger partial charge in [-0.15, -0.1) is 0 Å². The third-order valence-electron chi connectivity index (χ3n) is 2.07. The van der Waals surface area contributed by atoms with Crippen molar-refractivity contribution in [2.75, 3.05) is 12.4 Å². The topological polar surface area (TPSA) is 51.2 Å². The molecule has 1 heterocycles. The Balaban J connectivity index is 2.15. The number of hydrogen-bond donors (Lipinski definition) is 1. The number of ether oxygens (including phenoxy) is 1. The Morgan fingerprint density at radius 3 is 2.93 bits per heavy atom. The number of carbonyl (C=O) groups is 1. The molecule has 1 aliphatic carbocycles. The maximum absolute atomic E-state index is 11.3. The summed E-state index contributed by atoms with van der Waals surface area (Å²) in [6.07, 6.45) is 2.40. The molecular weight excluding hydrogens is 200 g/mol. The standard InChI is InChI=1S/C9H12N2O2S/c1-5-7(8(12)13-2)14-9(10-5)11-6-3-4-6/h6H,3-4H2,1-2H3,(H,10,11). The molecule has 0 amide bonds. The molecule has 0 aromatic carbocycles. The smallest absolute Gasteiger partial charge is 0.350 e. The fourth-order valence-corrected chi connectivity index (χ4v) is 2.10. The van der Waals surface area contributed by atoms with E-state index in [1.807, 2.05) is 6.92 Å². The summed E-state index contributed by atoms with van der Waals surface area (Å²) in [4.78, 5) is 16.1. The van der Waals surface area contributed by atoms with Gasteiger partial charge >= 0.3 is 5.97 Å². The quantitative estimate of drug-likeness (QED) is 0.776. The average Bonchev–Trinajstić information content (AvgIpc) is 2.89. The Hall–Kier alpha value is -1.10. The van der Waals surface area contributed by atoms with Gasteiger partial charge in [0.25, 0.3) is 0 Å². The predicted octanol–water partition coefficient (Wildman–Crippen LogP) is 1.81. The minimum atomic E-state index is -0.302. The fourth-order valence-electron chi connectivity index (χ4n) is 1.14. The number of aryl methyl sites for hydroxylation is 1. The van der Waals surface area contributed by atoms with E-state index < -0.39 is 0 Å². The normalized spacial score (nSPS) is 15.3. The van der Waals surface area contributed by atoms with Crippen molar-refractivity contribution in [3.05, 3.63) is 10.6 Å². The molecular formula is C9H12N2O2S. The maximum atomic E-state index is 11.3. The number of nitrogens with one attached hydrogen (secondary N) is 1. The zero-order chi connectivity index (χ0) is 10.1. The number of carbonyl (C=O) groups excluding carboxylic acids is 1. The number of nitrogens with zero attached hydrogens (tertiary/aromatic N) is 1. The Labute approximate surface area is 86.3 Å². The summed E-state index contributed by atoms with van der Waals surface area (Å²) >= 11 is 1.36. The van der Waals surface area contributed by atoms with Crippen LogP contribution in [0.15, 0.2) is 0 Å². The summed E-state index contributed by atoms with van der Waals surface area (Å²) < 4.78 is 4.65. The molecule has 5 heteroatoms. The molecule has 1 aromatic rings. The van der Waals surface area contributed by atoms with Crippen LogP contribution in [0.1, 0.15) is 28.2 Å². The third kappa shape index (κ3) is 1.87. The number of aromatic nitrogens is 1. The average molecular weight is 212 g/mol. The van der Waals surface area contributed by atoms with Crippen LogP contribution in [0, 0.1) is 6.92 Å². The van der Waals surface area contributed by atoms with Gasteiger partial charge in [0.1, 0.15) is 4.88 Å². The summed E-state index contributed by atoms with van der Waals surface area (Å²) in [6.45, 7) is 1.82. The van der Waals surface area contributed by atoms with Crippen molar-refractivity contribution in [3.63, 3.8) is 0 Å². The molecule has 0 unspecified atom stereocenters. The number of hydrogen-bond acceptors (Lipinski definition) is 5. The van der Waals surface area contributed by atoms with Gasteiger partial charge in [0.2, 0.25) is 0 Å². The monoisotopic (exact) mass is 212 g/mol. The zero-order valence-corrected chi connectivity index (χ0v) is 8.98. The number of methoxy groups -OCH3 is 1. The number of thiazole rings is 1. The maximum Gasteiger partial charge on any atom is 0.350 e. The third-order valence-corrected chi connectivity index (χ3v) is 3.14. The van der Waals surface area contributed by atoms with E-state index in [4.69, 9.17) is 0 Å². The van der Waals surface area contributed by atoms with Crippen molar-refractivity contribution >= 4 is 22.4 Å². The van der Waals surface area contributed by atoms with E-state index in [1.165, 1.54) is 31.3 Å². The van der Waals surface area contributed by atoms with Gasteiger partial charge in [-0.1, -0.05) is 11.3 Å². The van der Waals surface area contributed by atoms with Gasteiger partial charge in [-0.2, -0.15) is 0 Å². The van der Waals surface area contributed by atoms with Crippen LogP contribution >= 0.6 is 11.3 Å². The van der Waals surface area contributed by atoms with E-state index in [-0.39, 0.29) is 5.97 Å². The van der Waals surface area contributed by atoms with E-state index in [0.29, 0.717) is 10.9 Å². The molecule has 1 saturated carbocycles. The highest BCUT2D eigenvalue weighted by Crippen LogP contribution is 2.29. The number of rotatable bonds is 3. The van der Waals surface area contributed by atoms with Crippen LogP contribution in [0.25, 0.3) is 0 Å². The molecule has 0 radical (unpaired) electrons. The lowest BCUT2D eigenvalue weighted by molar-refractivity contribution is 0.0605. The van der Waals surface area contributed by atoms with Gasteiger partial charge < -0.3 is 10.1 Å². The van der Waals surface area contributed by atoms with Gasteiger partial charge in [-0.05, 0) is 19.8 Å². The van der Waals surface area contributed by atoms with E-state index in [2.05, 4.69) is 15.0 Å².